The zero-order valence-electron chi connectivity index (χ0n) is 22.2. The van der Waals surface area contributed by atoms with Gasteiger partial charge in [0.2, 0.25) is 0 Å². The van der Waals surface area contributed by atoms with Crippen LogP contribution in [0, 0.1) is 0 Å². The Morgan fingerprint density at radius 1 is 0.537 bits per heavy atom. The van der Waals surface area contributed by atoms with E-state index in [1.54, 1.807) is 0 Å². The molecule has 8 rings (SSSR count). The summed E-state index contributed by atoms with van der Waals surface area (Å²) in [5, 5.41) is 8.63. The Labute approximate surface area is 242 Å². The van der Waals surface area contributed by atoms with Crippen LogP contribution >= 0.6 is 11.3 Å². The maximum Gasteiger partial charge on any atom is 0.159 e. The summed E-state index contributed by atoms with van der Waals surface area (Å²) >= 11 is 1.83. The fraction of sp³-hybridized carbons (Fsp3) is 0.0270. The summed E-state index contributed by atoms with van der Waals surface area (Å²) in [6.07, 6.45) is -0.208. The molecule has 0 amide bonds. The number of hydrogen-bond acceptors (Lipinski definition) is 4. The van der Waals surface area contributed by atoms with Crippen LogP contribution in [0.1, 0.15) is 22.9 Å². The van der Waals surface area contributed by atoms with E-state index in [1.807, 2.05) is 35.6 Å². The van der Waals surface area contributed by atoms with Gasteiger partial charge in [-0.15, -0.1) is 11.3 Å². The molecule has 0 saturated heterocycles. The minimum absolute atomic E-state index is 0.208. The molecule has 7 aromatic rings. The maximum absolute atomic E-state index is 5.06. The summed E-state index contributed by atoms with van der Waals surface area (Å²) in [5.74, 6) is 1.58. The van der Waals surface area contributed by atoms with E-state index in [1.165, 1.54) is 42.1 Å². The molecule has 0 fully saturated rings. The summed E-state index contributed by atoms with van der Waals surface area (Å²) in [4.78, 5) is 10.1. The quantitative estimate of drug-likeness (QED) is 0.236. The molecule has 1 aliphatic rings. The van der Waals surface area contributed by atoms with Gasteiger partial charge in [-0.05, 0) is 39.6 Å². The van der Waals surface area contributed by atoms with Gasteiger partial charge in [-0.2, -0.15) is 0 Å². The molecule has 6 aromatic carbocycles. The van der Waals surface area contributed by atoms with Gasteiger partial charge in [-0.3, -0.25) is 0 Å². The second kappa shape index (κ2) is 9.84. The lowest BCUT2D eigenvalue weighted by molar-refractivity contribution is 0.674. The SMILES string of the molecule is c1ccc(C2=NC(c3ccc4c(c3)sc3cc(-c5cccc6ccccc56)ccc34)=NC(c3ccccc3)N2)cc1. The van der Waals surface area contributed by atoms with Crippen LogP contribution < -0.4 is 5.32 Å². The van der Waals surface area contributed by atoms with Crippen LogP contribution in [0.3, 0.4) is 0 Å². The molecule has 1 aliphatic heterocycles. The third kappa shape index (κ3) is 4.30. The smallest absolute Gasteiger partial charge is 0.159 e. The zero-order chi connectivity index (χ0) is 27.2. The van der Waals surface area contributed by atoms with Crippen molar-refractivity contribution in [3.8, 4) is 11.1 Å². The van der Waals surface area contributed by atoms with Crippen LogP contribution in [0.25, 0.3) is 42.1 Å². The second-order valence-corrected chi connectivity index (χ2v) is 11.4. The van der Waals surface area contributed by atoms with Gasteiger partial charge in [0.1, 0.15) is 12.0 Å². The average Bonchev–Trinajstić information content (AvgIpc) is 3.42. The van der Waals surface area contributed by atoms with Crippen LogP contribution in [-0.4, -0.2) is 11.7 Å². The minimum Gasteiger partial charge on any atom is -0.344 e. The highest BCUT2D eigenvalue weighted by atomic mass is 32.1. The van der Waals surface area contributed by atoms with Crippen LogP contribution in [0.15, 0.2) is 150 Å². The third-order valence-corrected chi connectivity index (χ3v) is 8.85. The van der Waals surface area contributed by atoms with E-state index < -0.39 is 0 Å². The van der Waals surface area contributed by atoms with Crippen molar-refractivity contribution in [3.05, 3.63) is 156 Å². The highest BCUT2D eigenvalue weighted by molar-refractivity contribution is 7.25. The van der Waals surface area contributed by atoms with E-state index >= 15 is 0 Å². The van der Waals surface area contributed by atoms with E-state index in [2.05, 4.69) is 121 Å². The number of rotatable bonds is 4. The number of fused-ring (bicyclic) bond motifs is 4. The van der Waals surface area contributed by atoms with Crippen LogP contribution in [0.4, 0.5) is 0 Å². The molecule has 2 heterocycles. The van der Waals surface area contributed by atoms with Gasteiger partial charge in [-0.25, -0.2) is 9.98 Å². The van der Waals surface area contributed by atoms with E-state index in [4.69, 9.17) is 9.98 Å². The van der Waals surface area contributed by atoms with E-state index in [0.29, 0.717) is 0 Å². The van der Waals surface area contributed by atoms with Crippen molar-refractivity contribution in [2.45, 2.75) is 6.17 Å². The molecule has 1 aromatic heterocycles. The van der Waals surface area contributed by atoms with Gasteiger partial charge in [0, 0.05) is 31.3 Å². The van der Waals surface area contributed by atoms with Crippen molar-refractivity contribution in [2.24, 2.45) is 9.98 Å². The van der Waals surface area contributed by atoms with Crippen molar-refractivity contribution in [1.82, 2.24) is 5.32 Å². The van der Waals surface area contributed by atoms with Crippen molar-refractivity contribution in [2.75, 3.05) is 0 Å². The third-order valence-electron chi connectivity index (χ3n) is 7.74. The summed E-state index contributed by atoms with van der Waals surface area (Å²) < 4.78 is 2.52. The molecule has 1 N–H and O–H groups in total. The fourth-order valence-electron chi connectivity index (χ4n) is 5.69. The van der Waals surface area contributed by atoms with Gasteiger partial charge in [-0.1, -0.05) is 127 Å². The Bertz CT molecular complexity index is 2120. The first-order chi connectivity index (χ1) is 20.3. The lowest BCUT2D eigenvalue weighted by Gasteiger charge is -2.23. The van der Waals surface area contributed by atoms with E-state index in [9.17, 15) is 0 Å². The Hall–Kier alpha value is -5.06. The van der Waals surface area contributed by atoms with Crippen molar-refractivity contribution in [3.63, 3.8) is 0 Å². The molecule has 0 aliphatic carbocycles. The molecule has 1 atom stereocenters. The molecule has 0 saturated carbocycles. The standard InChI is InChI=1S/C37H25N3S/c1-3-11-25(12-4-1)35-38-36(26-13-5-2-6-14-26)40-37(39-35)28-19-21-32-31-20-18-27(22-33(31)41-34(32)23-28)30-17-9-15-24-10-7-8-16-29(24)30/h1-23,35H,(H,38,39,40). The molecule has 1 unspecified atom stereocenters. The monoisotopic (exact) mass is 543 g/mol. The topological polar surface area (TPSA) is 36.8 Å². The number of amidine groups is 2. The number of nitrogens with zero attached hydrogens (tertiary/aromatic N) is 2. The number of thiophene rings is 1. The number of nitrogens with one attached hydrogen (secondary N) is 1. The first-order valence-electron chi connectivity index (χ1n) is 13.8. The summed E-state index contributed by atoms with van der Waals surface area (Å²) in [7, 11) is 0. The number of aliphatic imine (C=N–C) groups is 2. The van der Waals surface area contributed by atoms with Gasteiger partial charge < -0.3 is 5.32 Å². The number of hydrogen-bond donors (Lipinski definition) is 1. The van der Waals surface area contributed by atoms with Gasteiger partial charge >= 0.3 is 0 Å². The van der Waals surface area contributed by atoms with Crippen molar-refractivity contribution >= 4 is 54.0 Å². The lowest BCUT2D eigenvalue weighted by atomic mass is 9.97. The van der Waals surface area contributed by atoms with Crippen LogP contribution in [0.2, 0.25) is 0 Å². The Balaban J connectivity index is 1.23. The summed E-state index contributed by atoms with van der Waals surface area (Å²) in [6.45, 7) is 0. The highest BCUT2D eigenvalue weighted by Gasteiger charge is 2.21. The fourth-order valence-corrected chi connectivity index (χ4v) is 6.87. The Morgan fingerprint density at radius 3 is 2.00 bits per heavy atom. The highest BCUT2D eigenvalue weighted by Crippen LogP contribution is 2.38. The summed E-state index contributed by atoms with van der Waals surface area (Å²) in [6, 6.07) is 49.2. The lowest BCUT2D eigenvalue weighted by Crippen LogP contribution is -2.33. The van der Waals surface area contributed by atoms with Gasteiger partial charge in [0.05, 0.1) is 0 Å². The Kier molecular flexibility index (Phi) is 5.71. The molecule has 0 radical (unpaired) electrons. The molecular weight excluding hydrogens is 518 g/mol. The van der Waals surface area contributed by atoms with Crippen molar-refractivity contribution < 1.29 is 0 Å². The normalized spacial score (nSPS) is 15.1. The van der Waals surface area contributed by atoms with Gasteiger partial charge in [0.15, 0.2) is 5.84 Å². The molecule has 194 valence electrons. The summed E-state index contributed by atoms with van der Waals surface area (Å²) in [5.41, 5.74) is 5.68. The molecule has 41 heavy (non-hydrogen) atoms. The largest absolute Gasteiger partial charge is 0.344 e. The minimum atomic E-state index is -0.208. The van der Waals surface area contributed by atoms with E-state index in [0.717, 1.165) is 28.4 Å². The predicted octanol–water partition coefficient (Wildman–Crippen LogP) is 9.37. The molecule has 0 spiro atoms. The zero-order valence-corrected chi connectivity index (χ0v) is 23.0. The molecule has 4 heteroatoms. The number of benzene rings is 6. The molecule has 0 bridgehead atoms. The maximum atomic E-state index is 5.06. The van der Waals surface area contributed by atoms with Crippen LogP contribution in [0.5, 0.6) is 0 Å². The van der Waals surface area contributed by atoms with Gasteiger partial charge in [0.25, 0.3) is 0 Å². The first kappa shape index (κ1) is 23.8. The molecule has 3 nitrogen and oxygen atoms in total. The first-order valence-corrected chi connectivity index (χ1v) is 14.6. The average molecular weight is 544 g/mol. The molecular formula is C37H25N3S. The Morgan fingerprint density at radius 2 is 1.20 bits per heavy atom. The second-order valence-electron chi connectivity index (χ2n) is 10.3. The predicted molar refractivity (Wildman–Crippen MR) is 174 cm³/mol. The van der Waals surface area contributed by atoms with E-state index in [-0.39, 0.29) is 6.17 Å². The van der Waals surface area contributed by atoms with Crippen LogP contribution in [-0.2, 0) is 0 Å². The van der Waals surface area contributed by atoms with Crippen molar-refractivity contribution in [1.29, 1.82) is 0 Å².